The van der Waals surface area contributed by atoms with E-state index in [4.69, 9.17) is 23.7 Å². The molecule has 7 nitrogen and oxygen atoms in total. The first kappa shape index (κ1) is 21.3. The van der Waals surface area contributed by atoms with Crippen molar-refractivity contribution in [1.29, 1.82) is 0 Å². The molecule has 0 saturated carbocycles. The van der Waals surface area contributed by atoms with Gasteiger partial charge in [-0.25, -0.2) is 0 Å². The highest BCUT2D eigenvalue weighted by atomic mass is 16.7. The van der Waals surface area contributed by atoms with Crippen molar-refractivity contribution in [2.45, 2.75) is 78.0 Å². The Balaban J connectivity index is 2.27. The molecule has 27 heavy (non-hydrogen) atoms. The third-order valence-electron chi connectivity index (χ3n) is 4.02. The lowest BCUT2D eigenvalue weighted by atomic mass is 9.98. The van der Waals surface area contributed by atoms with Crippen molar-refractivity contribution >= 4 is 11.9 Å². The van der Waals surface area contributed by atoms with Crippen molar-refractivity contribution in [2.24, 2.45) is 0 Å². The smallest absolute Gasteiger partial charge is 0.303 e. The topological polar surface area (TPSA) is 80.3 Å². The van der Waals surface area contributed by atoms with E-state index in [9.17, 15) is 9.59 Å². The lowest BCUT2D eigenvalue weighted by Crippen LogP contribution is -2.61. The SMILES string of the molecule is CC(=O)O[C@H]1[C@H](OCc2ccccc2)[C@@H](OC(C)C)O[C@@H](C)[C@H]1OC(C)=O. The third-order valence-corrected chi connectivity index (χ3v) is 4.02. The molecular weight excluding hydrogens is 352 g/mol. The van der Waals surface area contributed by atoms with Crippen LogP contribution in [-0.4, -0.2) is 48.7 Å². The zero-order valence-corrected chi connectivity index (χ0v) is 16.4. The van der Waals surface area contributed by atoms with Crippen LogP contribution in [0, 0.1) is 0 Å². The number of carbonyl (C=O) groups excluding carboxylic acids is 2. The molecule has 1 aliphatic rings. The van der Waals surface area contributed by atoms with Crippen LogP contribution in [0.5, 0.6) is 0 Å². The van der Waals surface area contributed by atoms with E-state index >= 15 is 0 Å². The van der Waals surface area contributed by atoms with Crippen LogP contribution in [0.15, 0.2) is 30.3 Å². The molecule has 0 amide bonds. The van der Waals surface area contributed by atoms with E-state index in [2.05, 4.69) is 0 Å². The van der Waals surface area contributed by atoms with Crippen molar-refractivity contribution in [3.05, 3.63) is 35.9 Å². The molecule has 150 valence electrons. The van der Waals surface area contributed by atoms with Crippen LogP contribution >= 0.6 is 0 Å². The lowest BCUT2D eigenvalue weighted by Gasteiger charge is -2.44. The quantitative estimate of drug-likeness (QED) is 0.673. The molecule has 0 spiro atoms. The normalized spacial score (nSPS) is 28.0. The molecule has 0 N–H and O–H groups in total. The first-order valence-electron chi connectivity index (χ1n) is 9.08. The fourth-order valence-electron chi connectivity index (χ4n) is 2.97. The molecule has 5 atom stereocenters. The molecule has 0 radical (unpaired) electrons. The molecule has 0 aromatic heterocycles. The minimum absolute atomic E-state index is 0.131. The highest BCUT2D eigenvalue weighted by Crippen LogP contribution is 2.30. The molecule has 1 heterocycles. The maximum atomic E-state index is 11.7. The highest BCUT2D eigenvalue weighted by molar-refractivity contribution is 5.67. The Morgan fingerprint density at radius 2 is 1.59 bits per heavy atom. The van der Waals surface area contributed by atoms with Crippen molar-refractivity contribution in [2.75, 3.05) is 0 Å². The summed E-state index contributed by atoms with van der Waals surface area (Å²) in [6.45, 7) is 8.37. The second kappa shape index (κ2) is 9.82. The predicted octanol–water partition coefficient (Wildman–Crippen LogP) is 2.61. The number of hydrogen-bond donors (Lipinski definition) is 0. The van der Waals surface area contributed by atoms with E-state index < -0.39 is 42.6 Å². The first-order chi connectivity index (χ1) is 12.8. The van der Waals surface area contributed by atoms with E-state index in [0.717, 1.165) is 5.56 Å². The van der Waals surface area contributed by atoms with Crippen LogP contribution in [0.3, 0.4) is 0 Å². The van der Waals surface area contributed by atoms with Gasteiger partial charge < -0.3 is 23.7 Å². The van der Waals surface area contributed by atoms with Gasteiger partial charge in [-0.1, -0.05) is 30.3 Å². The number of hydrogen-bond acceptors (Lipinski definition) is 7. The highest BCUT2D eigenvalue weighted by Gasteiger charge is 2.49. The first-order valence-corrected chi connectivity index (χ1v) is 9.08. The fourth-order valence-corrected chi connectivity index (χ4v) is 2.97. The van der Waals surface area contributed by atoms with Crippen molar-refractivity contribution in [1.82, 2.24) is 0 Å². The number of ether oxygens (including phenoxy) is 5. The molecule has 1 aromatic rings. The maximum Gasteiger partial charge on any atom is 0.303 e. The molecule has 1 aromatic carbocycles. The zero-order valence-electron chi connectivity index (χ0n) is 16.4. The van der Waals surface area contributed by atoms with Gasteiger partial charge in [-0.05, 0) is 26.3 Å². The van der Waals surface area contributed by atoms with Gasteiger partial charge in [0.15, 0.2) is 18.5 Å². The van der Waals surface area contributed by atoms with Crippen LogP contribution in [0.1, 0.15) is 40.2 Å². The van der Waals surface area contributed by atoms with Gasteiger partial charge in [-0.2, -0.15) is 0 Å². The molecule has 1 fully saturated rings. The summed E-state index contributed by atoms with van der Waals surface area (Å²) in [4.78, 5) is 23.2. The van der Waals surface area contributed by atoms with Crippen LogP contribution in [0.4, 0.5) is 0 Å². The summed E-state index contributed by atoms with van der Waals surface area (Å²) in [5.74, 6) is -0.986. The summed E-state index contributed by atoms with van der Waals surface area (Å²) in [7, 11) is 0. The Hall–Kier alpha value is -1.96. The van der Waals surface area contributed by atoms with E-state index in [-0.39, 0.29) is 12.7 Å². The van der Waals surface area contributed by atoms with E-state index in [0.29, 0.717) is 0 Å². The standard InChI is InChI=1S/C20H28O7/c1-12(2)24-20-19(23-11-16-9-7-6-8-10-16)18(27-15(5)22)17(13(3)25-20)26-14(4)21/h6-10,12-13,17-20H,11H2,1-5H3/t13-,17+,18+,19-,20-/m0/s1. The Bertz CT molecular complexity index is 616. The van der Waals surface area contributed by atoms with Crippen LogP contribution in [-0.2, 0) is 39.9 Å². The number of esters is 2. The molecule has 2 rings (SSSR count). The van der Waals surface area contributed by atoms with Gasteiger partial charge >= 0.3 is 11.9 Å². The summed E-state index contributed by atoms with van der Waals surface area (Å²) in [6, 6.07) is 9.58. The summed E-state index contributed by atoms with van der Waals surface area (Å²) >= 11 is 0. The Morgan fingerprint density at radius 3 is 2.15 bits per heavy atom. The van der Waals surface area contributed by atoms with Gasteiger partial charge in [0.25, 0.3) is 0 Å². The van der Waals surface area contributed by atoms with Gasteiger partial charge in [0, 0.05) is 13.8 Å². The lowest BCUT2D eigenvalue weighted by molar-refractivity contribution is -0.315. The third kappa shape index (κ3) is 6.30. The summed E-state index contributed by atoms with van der Waals surface area (Å²) in [5, 5.41) is 0. The Labute approximate surface area is 159 Å². The fraction of sp³-hybridized carbons (Fsp3) is 0.600. The Kier molecular flexibility index (Phi) is 7.77. The van der Waals surface area contributed by atoms with Gasteiger partial charge in [0.2, 0.25) is 0 Å². The monoisotopic (exact) mass is 380 g/mol. The molecule has 7 heteroatoms. The van der Waals surface area contributed by atoms with Gasteiger partial charge in [-0.15, -0.1) is 0 Å². The zero-order chi connectivity index (χ0) is 20.0. The van der Waals surface area contributed by atoms with Gasteiger partial charge in [0.1, 0.15) is 6.10 Å². The van der Waals surface area contributed by atoms with E-state index in [1.54, 1.807) is 6.92 Å². The van der Waals surface area contributed by atoms with Crippen LogP contribution in [0.2, 0.25) is 0 Å². The summed E-state index contributed by atoms with van der Waals surface area (Å²) in [6.07, 6.45) is -3.81. The Morgan fingerprint density at radius 1 is 1.00 bits per heavy atom. The molecule has 1 aliphatic heterocycles. The molecule has 0 aliphatic carbocycles. The van der Waals surface area contributed by atoms with Crippen molar-refractivity contribution < 1.29 is 33.3 Å². The minimum Gasteiger partial charge on any atom is -0.456 e. The second-order valence-corrected chi connectivity index (χ2v) is 6.80. The summed E-state index contributed by atoms with van der Waals surface area (Å²) < 4.78 is 28.7. The van der Waals surface area contributed by atoms with Gasteiger partial charge in [0.05, 0.1) is 18.8 Å². The van der Waals surface area contributed by atoms with Crippen molar-refractivity contribution in [3.63, 3.8) is 0 Å². The predicted molar refractivity (Wildman–Crippen MR) is 96.7 cm³/mol. The summed E-state index contributed by atoms with van der Waals surface area (Å²) in [5.41, 5.74) is 0.949. The molecular formula is C20H28O7. The van der Waals surface area contributed by atoms with Crippen LogP contribution < -0.4 is 0 Å². The van der Waals surface area contributed by atoms with Crippen LogP contribution in [0.25, 0.3) is 0 Å². The van der Waals surface area contributed by atoms with E-state index in [1.807, 2.05) is 44.2 Å². The molecule has 1 saturated heterocycles. The molecule has 0 bridgehead atoms. The minimum atomic E-state index is -0.845. The second-order valence-electron chi connectivity index (χ2n) is 6.80. The van der Waals surface area contributed by atoms with E-state index in [1.165, 1.54) is 13.8 Å². The maximum absolute atomic E-state index is 11.7. The average Bonchev–Trinajstić information content (AvgIpc) is 2.57. The molecule has 0 unspecified atom stereocenters. The van der Waals surface area contributed by atoms with Gasteiger partial charge in [-0.3, -0.25) is 9.59 Å². The number of benzene rings is 1. The number of rotatable bonds is 7. The number of carbonyl (C=O) groups is 2. The van der Waals surface area contributed by atoms with Crippen molar-refractivity contribution in [3.8, 4) is 0 Å². The largest absolute Gasteiger partial charge is 0.456 e. The average molecular weight is 380 g/mol.